The maximum absolute atomic E-state index is 14.9. The minimum Gasteiger partial charge on any atom is -0.356 e. The first-order chi connectivity index (χ1) is 13.9. The van der Waals surface area contributed by atoms with Gasteiger partial charge in [-0.15, -0.1) is 0 Å². The predicted octanol–water partition coefficient (Wildman–Crippen LogP) is 2.18. The first kappa shape index (κ1) is 20.5. The van der Waals surface area contributed by atoms with Gasteiger partial charge in [-0.1, -0.05) is 30.3 Å². The van der Waals surface area contributed by atoms with Gasteiger partial charge in [-0.2, -0.15) is 0 Å². The molecule has 156 valence electrons. The van der Waals surface area contributed by atoms with Crippen LogP contribution in [0.1, 0.15) is 11.8 Å². The molecule has 0 N–H and O–H groups in total. The van der Waals surface area contributed by atoms with Gasteiger partial charge in [0.2, 0.25) is 0 Å². The molecule has 4 rings (SSSR count). The SMILES string of the molecule is O=c1ccn([C@@H]2O[C@@H]3CO[P@](=O)(Cl)O[C@H]3[C@H]2F)c(=O)n1COCc1ccccc1. The van der Waals surface area contributed by atoms with Gasteiger partial charge in [0.25, 0.3) is 5.56 Å². The zero-order chi connectivity index (χ0) is 20.6. The quantitative estimate of drug-likeness (QED) is 0.649. The summed E-state index contributed by atoms with van der Waals surface area (Å²) in [5.41, 5.74) is -0.548. The van der Waals surface area contributed by atoms with E-state index >= 15 is 0 Å². The standard InChI is InChI=1S/C17H17ClFN2O7P/c18-29(24)26-9-12-15(28-29)14(19)16(27-12)20-7-6-13(22)21(17(20)23)10-25-8-11-4-2-1-3-5-11/h1-7,12,14-16H,8-10H2/t12-,14-,15-,16-,29-/m1/s1. The van der Waals surface area contributed by atoms with Gasteiger partial charge in [0.1, 0.15) is 18.9 Å². The lowest BCUT2D eigenvalue weighted by Gasteiger charge is -2.27. The Morgan fingerprint density at radius 2 is 2.00 bits per heavy atom. The van der Waals surface area contributed by atoms with Crippen LogP contribution in [0, 0.1) is 0 Å². The smallest absolute Gasteiger partial charge is 0.356 e. The number of nitrogens with zero attached hydrogens (tertiary/aromatic N) is 2. The summed E-state index contributed by atoms with van der Waals surface area (Å²) in [5, 5.41) is 0. The van der Waals surface area contributed by atoms with Crippen LogP contribution in [0.4, 0.5) is 4.39 Å². The van der Waals surface area contributed by atoms with Crippen LogP contribution in [0.5, 0.6) is 0 Å². The van der Waals surface area contributed by atoms with E-state index in [-0.39, 0.29) is 19.9 Å². The molecule has 1 aromatic heterocycles. The number of benzene rings is 1. The van der Waals surface area contributed by atoms with Crippen LogP contribution in [-0.2, 0) is 36.4 Å². The molecule has 0 bridgehead atoms. The van der Waals surface area contributed by atoms with Crippen LogP contribution in [0.2, 0.25) is 0 Å². The second-order valence-corrected chi connectivity index (χ2v) is 9.11. The molecule has 12 heteroatoms. The third-order valence-electron chi connectivity index (χ3n) is 4.61. The Bertz CT molecular complexity index is 1050. The fraction of sp³-hybridized carbons (Fsp3) is 0.412. The molecule has 0 saturated carbocycles. The molecule has 2 fully saturated rings. The molecule has 0 amide bonds. The number of hydrogen-bond acceptors (Lipinski definition) is 7. The molecule has 2 saturated heterocycles. The lowest BCUT2D eigenvalue weighted by Crippen LogP contribution is -2.42. The predicted molar refractivity (Wildman–Crippen MR) is 99.3 cm³/mol. The van der Waals surface area contributed by atoms with Crippen molar-refractivity contribution in [1.82, 2.24) is 9.13 Å². The van der Waals surface area contributed by atoms with Crippen molar-refractivity contribution in [1.29, 1.82) is 0 Å². The normalized spacial score (nSPS) is 31.5. The van der Waals surface area contributed by atoms with Crippen molar-refractivity contribution < 1.29 is 27.5 Å². The maximum atomic E-state index is 14.9. The fourth-order valence-corrected chi connectivity index (χ4v) is 4.56. The van der Waals surface area contributed by atoms with Crippen molar-refractivity contribution in [2.24, 2.45) is 0 Å². The number of rotatable bonds is 5. The van der Waals surface area contributed by atoms with Gasteiger partial charge in [-0.05, 0) is 5.56 Å². The highest BCUT2D eigenvalue weighted by Gasteiger charge is 2.53. The van der Waals surface area contributed by atoms with Crippen LogP contribution >= 0.6 is 18.2 Å². The molecule has 0 radical (unpaired) electrons. The molecule has 5 atom stereocenters. The topological polar surface area (TPSA) is 98.0 Å². The van der Waals surface area contributed by atoms with Crippen molar-refractivity contribution in [2.75, 3.05) is 6.61 Å². The van der Waals surface area contributed by atoms with Crippen LogP contribution < -0.4 is 11.2 Å². The number of ether oxygens (including phenoxy) is 2. The van der Waals surface area contributed by atoms with Crippen molar-refractivity contribution >= 4 is 18.2 Å². The molecule has 9 nitrogen and oxygen atoms in total. The Morgan fingerprint density at radius 1 is 1.24 bits per heavy atom. The molecule has 2 aliphatic heterocycles. The lowest BCUT2D eigenvalue weighted by molar-refractivity contribution is -0.0584. The molecular formula is C17H17ClFN2O7P. The molecule has 29 heavy (non-hydrogen) atoms. The van der Waals surface area contributed by atoms with Gasteiger partial charge >= 0.3 is 12.6 Å². The summed E-state index contributed by atoms with van der Waals surface area (Å²) in [7, 11) is 0. The number of hydrogen-bond donors (Lipinski definition) is 0. The largest absolute Gasteiger partial charge is 0.424 e. The molecule has 3 heterocycles. The highest BCUT2D eigenvalue weighted by atomic mass is 35.7. The van der Waals surface area contributed by atoms with E-state index < -0.39 is 42.8 Å². The van der Waals surface area contributed by atoms with E-state index in [9.17, 15) is 18.5 Å². The van der Waals surface area contributed by atoms with E-state index in [0.717, 1.165) is 27.0 Å². The van der Waals surface area contributed by atoms with Crippen molar-refractivity contribution in [3.05, 3.63) is 69.0 Å². The monoisotopic (exact) mass is 446 g/mol. The number of halogens is 2. The minimum atomic E-state index is -3.90. The first-order valence-electron chi connectivity index (χ1n) is 8.71. The number of aromatic nitrogens is 2. The lowest BCUT2D eigenvalue weighted by atomic mass is 10.1. The second-order valence-electron chi connectivity index (χ2n) is 6.54. The summed E-state index contributed by atoms with van der Waals surface area (Å²) in [4.78, 5) is 24.8. The minimum absolute atomic E-state index is 0.188. The van der Waals surface area contributed by atoms with E-state index in [0.29, 0.717) is 0 Å². The number of alkyl halides is 1. The average molecular weight is 447 g/mol. The van der Waals surface area contributed by atoms with Crippen molar-refractivity contribution in [3.8, 4) is 0 Å². The van der Waals surface area contributed by atoms with Crippen molar-refractivity contribution in [3.63, 3.8) is 0 Å². The Labute approximate surface area is 168 Å². The zero-order valence-corrected chi connectivity index (χ0v) is 16.6. The van der Waals surface area contributed by atoms with E-state index in [2.05, 4.69) is 0 Å². The first-order valence-corrected chi connectivity index (χ1v) is 11.2. The van der Waals surface area contributed by atoms with Crippen molar-refractivity contribution in [2.45, 2.75) is 37.9 Å². The van der Waals surface area contributed by atoms with Crippen LogP contribution in [0.15, 0.2) is 52.2 Å². The third-order valence-corrected chi connectivity index (χ3v) is 6.09. The Kier molecular flexibility index (Phi) is 5.74. The summed E-state index contributed by atoms with van der Waals surface area (Å²) < 4.78 is 49.1. The molecule has 2 aromatic rings. The van der Waals surface area contributed by atoms with E-state index in [1.54, 1.807) is 0 Å². The molecule has 0 aliphatic carbocycles. The highest BCUT2D eigenvalue weighted by Crippen LogP contribution is 2.59. The van der Waals surface area contributed by atoms with Crippen LogP contribution in [-0.4, -0.2) is 34.1 Å². The summed E-state index contributed by atoms with van der Waals surface area (Å²) in [6, 6.07) is 10.3. The Hall–Kier alpha value is -1.81. The van der Waals surface area contributed by atoms with Gasteiger partial charge in [-0.25, -0.2) is 18.3 Å². The summed E-state index contributed by atoms with van der Waals surface area (Å²) >= 11 is 5.54. The highest BCUT2D eigenvalue weighted by molar-refractivity contribution is 7.81. The van der Waals surface area contributed by atoms with Gasteiger partial charge in [-0.3, -0.25) is 18.4 Å². The summed E-state index contributed by atoms with van der Waals surface area (Å²) in [6.07, 6.45) is -4.24. The van der Waals surface area contributed by atoms with Crippen LogP contribution in [0.25, 0.3) is 0 Å². The van der Waals surface area contributed by atoms with E-state index in [4.69, 9.17) is 29.8 Å². The fourth-order valence-electron chi connectivity index (χ4n) is 3.19. The molecule has 1 aromatic carbocycles. The third kappa shape index (κ3) is 4.23. The zero-order valence-electron chi connectivity index (χ0n) is 14.9. The van der Waals surface area contributed by atoms with E-state index in [1.165, 1.54) is 0 Å². The molecule has 0 spiro atoms. The molecular weight excluding hydrogens is 430 g/mol. The maximum Gasteiger partial charge on any atom is 0.424 e. The van der Waals surface area contributed by atoms with Gasteiger partial charge < -0.3 is 9.47 Å². The summed E-state index contributed by atoms with van der Waals surface area (Å²) in [6.45, 7) is -4.27. The van der Waals surface area contributed by atoms with Gasteiger partial charge in [0.15, 0.2) is 12.4 Å². The molecule has 0 unspecified atom stereocenters. The Balaban J connectivity index is 1.53. The van der Waals surface area contributed by atoms with Gasteiger partial charge in [0.05, 0.1) is 13.2 Å². The van der Waals surface area contributed by atoms with Crippen LogP contribution in [0.3, 0.4) is 0 Å². The Morgan fingerprint density at radius 3 is 2.76 bits per heavy atom. The number of fused-ring (bicyclic) bond motifs is 1. The average Bonchev–Trinajstić information content (AvgIpc) is 3.00. The second kappa shape index (κ2) is 8.14. The summed E-state index contributed by atoms with van der Waals surface area (Å²) in [5.74, 6) is 0. The van der Waals surface area contributed by atoms with Gasteiger partial charge in [0, 0.05) is 23.5 Å². The molecule has 2 aliphatic rings. The van der Waals surface area contributed by atoms with E-state index in [1.807, 2.05) is 30.3 Å².